The molecular weight excluding hydrogens is 528 g/mol. The van der Waals surface area contributed by atoms with E-state index >= 15 is 0 Å². The standard InChI is InChI=1S/C26H27F6N5O2/c1-24(2,3)39-23(38)36-12-14-8-9-15(13-36)20(14)33-22-34-21-17(10-11-19(26(30,31)32)37(21)35-22)16-6-4-5-7-18(16)25(27,28)29/h4-7,10-11,14-15,20H,8-9,12-13H2,1-3H3,(H,33,35). The number of aromatic nitrogens is 3. The molecule has 0 radical (unpaired) electrons. The van der Waals surface area contributed by atoms with Crippen LogP contribution < -0.4 is 5.32 Å². The summed E-state index contributed by atoms with van der Waals surface area (Å²) in [5.41, 5.74) is -3.56. The van der Waals surface area contributed by atoms with Crippen molar-refractivity contribution < 1.29 is 35.9 Å². The Balaban J connectivity index is 1.49. The van der Waals surface area contributed by atoms with Crippen LogP contribution in [-0.4, -0.2) is 50.3 Å². The van der Waals surface area contributed by atoms with Gasteiger partial charge in [0.15, 0.2) is 5.65 Å². The van der Waals surface area contributed by atoms with E-state index in [2.05, 4.69) is 15.4 Å². The van der Waals surface area contributed by atoms with Gasteiger partial charge in [-0.3, -0.25) is 0 Å². The Bertz CT molecular complexity index is 1380. The van der Waals surface area contributed by atoms with E-state index in [1.165, 1.54) is 18.2 Å². The minimum atomic E-state index is -4.82. The summed E-state index contributed by atoms with van der Waals surface area (Å²) in [4.78, 5) is 18.5. The average Bonchev–Trinajstić information content (AvgIpc) is 3.32. The summed E-state index contributed by atoms with van der Waals surface area (Å²) in [7, 11) is 0. The minimum Gasteiger partial charge on any atom is -0.444 e. The SMILES string of the molecule is CC(C)(C)OC(=O)N1CC2CCC(C1)C2Nc1nc2c(-c3ccccc3C(F)(F)F)ccc(C(F)(F)F)n2n1. The number of carbonyl (C=O) groups excluding carboxylic acids is 1. The van der Waals surface area contributed by atoms with E-state index in [-0.39, 0.29) is 40.6 Å². The van der Waals surface area contributed by atoms with Crippen LogP contribution in [0.15, 0.2) is 36.4 Å². The van der Waals surface area contributed by atoms with Crippen LogP contribution in [-0.2, 0) is 17.1 Å². The van der Waals surface area contributed by atoms with Crippen LogP contribution in [0.4, 0.5) is 37.1 Å². The van der Waals surface area contributed by atoms with Crippen LogP contribution >= 0.6 is 0 Å². The third kappa shape index (κ3) is 5.35. The Morgan fingerprint density at radius 3 is 2.15 bits per heavy atom. The number of benzene rings is 1. The number of anilines is 1. The number of piperidine rings is 1. The molecule has 1 saturated carbocycles. The summed E-state index contributed by atoms with van der Waals surface area (Å²) in [5, 5.41) is 7.17. The van der Waals surface area contributed by atoms with Crippen molar-refractivity contribution in [2.45, 2.75) is 57.6 Å². The van der Waals surface area contributed by atoms with E-state index in [0.717, 1.165) is 25.0 Å². The van der Waals surface area contributed by atoms with Gasteiger partial charge in [0, 0.05) is 24.7 Å². The van der Waals surface area contributed by atoms with E-state index < -0.39 is 35.3 Å². The molecule has 39 heavy (non-hydrogen) atoms. The summed E-state index contributed by atoms with van der Waals surface area (Å²) in [5.74, 6) is -0.157. The van der Waals surface area contributed by atoms with Gasteiger partial charge in [-0.15, -0.1) is 5.10 Å². The van der Waals surface area contributed by atoms with Crippen molar-refractivity contribution in [2.24, 2.45) is 11.8 Å². The molecule has 210 valence electrons. The van der Waals surface area contributed by atoms with E-state index in [1.54, 1.807) is 25.7 Å². The number of hydrogen-bond donors (Lipinski definition) is 1. The number of likely N-dealkylation sites (tertiary alicyclic amines) is 1. The Labute approximate surface area is 220 Å². The first-order chi connectivity index (χ1) is 18.1. The van der Waals surface area contributed by atoms with Crippen molar-refractivity contribution in [1.29, 1.82) is 0 Å². The lowest BCUT2D eigenvalue weighted by Crippen LogP contribution is -2.51. The Kier molecular flexibility index (Phi) is 6.46. The van der Waals surface area contributed by atoms with Crippen molar-refractivity contribution >= 4 is 17.7 Å². The summed E-state index contributed by atoms with van der Waals surface area (Å²) < 4.78 is 88.6. The molecule has 1 aliphatic carbocycles. The fourth-order valence-electron chi connectivity index (χ4n) is 5.50. The molecule has 2 unspecified atom stereocenters. The Morgan fingerprint density at radius 1 is 0.923 bits per heavy atom. The van der Waals surface area contributed by atoms with Gasteiger partial charge in [0.1, 0.15) is 11.3 Å². The normalized spacial score (nSPS) is 21.9. The number of alkyl halides is 6. The average molecular weight is 556 g/mol. The number of nitrogens with one attached hydrogen (secondary N) is 1. The summed E-state index contributed by atoms with van der Waals surface area (Å²) >= 11 is 0. The van der Waals surface area contributed by atoms with Gasteiger partial charge in [-0.1, -0.05) is 18.2 Å². The summed E-state index contributed by atoms with van der Waals surface area (Å²) in [6.07, 6.45) is -8.39. The molecule has 1 aromatic carbocycles. The van der Waals surface area contributed by atoms with Gasteiger partial charge in [-0.25, -0.2) is 9.31 Å². The number of carbonyl (C=O) groups is 1. The molecule has 0 spiro atoms. The lowest BCUT2D eigenvalue weighted by atomic mass is 9.92. The molecule has 3 heterocycles. The van der Waals surface area contributed by atoms with Crippen molar-refractivity contribution in [3.8, 4) is 11.1 Å². The number of halogens is 6. The third-order valence-corrected chi connectivity index (χ3v) is 7.08. The van der Waals surface area contributed by atoms with Crippen molar-refractivity contribution in [3.05, 3.63) is 47.7 Å². The highest BCUT2D eigenvalue weighted by Crippen LogP contribution is 2.41. The number of ether oxygens (including phenoxy) is 1. The van der Waals surface area contributed by atoms with E-state index in [4.69, 9.17) is 4.74 Å². The number of pyridine rings is 1. The van der Waals surface area contributed by atoms with Crippen LogP contribution in [0.2, 0.25) is 0 Å². The number of fused-ring (bicyclic) bond motifs is 3. The lowest BCUT2D eigenvalue weighted by molar-refractivity contribution is -0.142. The van der Waals surface area contributed by atoms with E-state index in [1.807, 2.05) is 0 Å². The second-order valence-electron chi connectivity index (χ2n) is 11.0. The fourth-order valence-corrected chi connectivity index (χ4v) is 5.50. The molecular formula is C26H27F6N5O2. The van der Waals surface area contributed by atoms with Crippen molar-refractivity contribution in [2.75, 3.05) is 18.4 Å². The minimum absolute atomic E-state index is 0.0182. The second-order valence-corrected chi connectivity index (χ2v) is 11.0. The molecule has 1 aliphatic heterocycles. The van der Waals surface area contributed by atoms with Crippen molar-refractivity contribution in [3.63, 3.8) is 0 Å². The predicted octanol–water partition coefficient (Wildman–Crippen LogP) is 6.49. The van der Waals surface area contributed by atoms with Crippen molar-refractivity contribution in [1.82, 2.24) is 19.5 Å². The second kappa shape index (κ2) is 9.30. The largest absolute Gasteiger partial charge is 0.444 e. The molecule has 7 nitrogen and oxygen atoms in total. The van der Waals surface area contributed by atoms with E-state index in [9.17, 15) is 31.1 Å². The topological polar surface area (TPSA) is 71.8 Å². The zero-order chi connectivity index (χ0) is 28.3. The number of nitrogens with zero attached hydrogens (tertiary/aromatic N) is 4. The lowest BCUT2D eigenvalue weighted by Gasteiger charge is -2.38. The highest BCUT2D eigenvalue weighted by atomic mass is 19.4. The molecule has 2 bridgehead atoms. The fraction of sp³-hybridized carbons (Fsp3) is 0.500. The molecule has 1 amide bonds. The summed E-state index contributed by atoms with van der Waals surface area (Å²) in [6, 6.07) is 6.13. The van der Waals surface area contributed by atoms with Gasteiger partial charge >= 0.3 is 18.4 Å². The van der Waals surface area contributed by atoms with Crippen LogP contribution in [0, 0.1) is 11.8 Å². The van der Waals surface area contributed by atoms with Crippen LogP contribution in [0.3, 0.4) is 0 Å². The molecule has 1 saturated heterocycles. The Hall–Kier alpha value is -3.51. The molecule has 5 rings (SSSR count). The van der Waals surface area contributed by atoms with Crippen LogP contribution in [0.25, 0.3) is 16.8 Å². The molecule has 3 aromatic rings. The zero-order valence-corrected chi connectivity index (χ0v) is 21.4. The van der Waals surface area contributed by atoms with E-state index in [0.29, 0.717) is 23.7 Å². The van der Waals surface area contributed by atoms with Gasteiger partial charge < -0.3 is 15.0 Å². The predicted molar refractivity (Wildman–Crippen MR) is 130 cm³/mol. The maximum atomic E-state index is 13.8. The third-order valence-electron chi connectivity index (χ3n) is 7.08. The number of amides is 1. The highest BCUT2D eigenvalue weighted by Gasteiger charge is 2.45. The van der Waals surface area contributed by atoms with Gasteiger partial charge in [0.2, 0.25) is 5.95 Å². The highest BCUT2D eigenvalue weighted by molar-refractivity contribution is 5.81. The Morgan fingerprint density at radius 2 is 1.56 bits per heavy atom. The first-order valence-electron chi connectivity index (χ1n) is 12.5. The van der Waals surface area contributed by atoms with Gasteiger partial charge in [0.05, 0.1) is 5.56 Å². The number of rotatable bonds is 3. The smallest absolute Gasteiger partial charge is 0.433 e. The molecule has 2 aliphatic rings. The maximum Gasteiger partial charge on any atom is 0.433 e. The van der Waals surface area contributed by atoms with Gasteiger partial charge in [-0.05, 0) is 69.2 Å². The zero-order valence-electron chi connectivity index (χ0n) is 21.4. The van der Waals surface area contributed by atoms with Gasteiger partial charge in [-0.2, -0.15) is 31.3 Å². The van der Waals surface area contributed by atoms with Crippen LogP contribution in [0.5, 0.6) is 0 Å². The summed E-state index contributed by atoms with van der Waals surface area (Å²) in [6.45, 7) is 6.13. The van der Waals surface area contributed by atoms with Gasteiger partial charge in [0.25, 0.3) is 0 Å². The molecule has 2 fully saturated rings. The number of hydrogen-bond acceptors (Lipinski definition) is 5. The van der Waals surface area contributed by atoms with Crippen LogP contribution in [0.1, 0.15) is 44.9 Å². The first kappa shape index (κ1) is 27.1. The molecule has 2 aromatic heterocycles. The molecule has 13 heteroatoms. The quantitative estimate of drug-likeness (QED) is 0.374. The maximum absolute atomic E-state index is 13.8. The molecule has 1 N–H and O–H groups in total. The first-order valence-corrected chi connectivity index (χ1v) is 12.5. The molecule has 2 atom stereocenters. The monoisotopic (exact) mass is 555 g/mol.